The van der Waals surface area contributed by atoms with E-state index in [1.807, 2.05) is 0 Å². The van der Waals surface area contributed by atoms with Gasteiger partial charge in [0.1, 0.15) is 0 Å². The summed E-state index contributed by atoms with van der Waals surface area (Å²) in [6.45, 7) is 10.5. The monoisotopic (exact) mass is 200 g/mol. The summed E-state index contributed by atoms with van der Waals surface area (Å²) in [7, 11) is 0. The van der Waals surface area contributed by atoms with E-state index in [2.05, 4.69) is 31.4 Å². The van der Waals surface area contributed by atoms with Gasteiger partial charge in [-0.25, -0.2) is 0 Å². The van der Waals surface area contributed by atoms with E-state index in [1.54, 1.807) is 0 Å². The first kappa shape index (κ1) is 12.0. The molecule has 0 bridgehead atoms. The lowest BCUT2D eigenvalue weighted by atomic mass is 10.0. The van der Waals surface area contributed by atoms with Crippen LogP contribution in [0.3, 0.4) is 0 Å². The summed E-state index contributed by atoms with van der Waals surface area (Å²) >= 11 is 0. The van der Waals surface area contributed by atoms with E-state index in [-0.39, 0.29) is 0 Å². The first-order valence-corrected chi connectivity index (χ1v) is 5.78. The van der Waals surface area contributed by atoms with Crippen molar-refractivity contribution in [2.24, 2.45) is 5.92 Å². The maximum Gasteiger partial charge on any atom is 0.0622 e. The quantitative estimate of drug-likeness (QED) is 0.671. The Morgan fingerprint density at radius 1 is 1.50 bits per heavy atom. The van der Waals surface area contributed by atoms with Gasteiger partial charge >= 0.3 is 0 Å². The van der Waals surface area contributed by atoms with Crippen molar-refractivity contribution in [3.63, 3.8) is 0 Å². The topological polar surface area (TPSA) is 33.3 Å². The second-order valence-corrected chi connectivity index (χ2v) is 4.37. The Hall–Kier alpha value is -0.120. The zero-order valence-electron chi connectivity index (χ0n) is 9.68. The molecule has 2 atom stereocenters. The summed E-state index contributed by atoms with van der Waals surface area (Å²) in [6.07, 6.45) is 1.25. The molecule has 0 aromatic heterocycles. The third kappa shape index (κ3) is 3.95. The maximum absolute atomic E-state index is 5.48. The van der Waals surface area contributed by atoms with Crippen molar-refractivity contribution in [3.05, 3.63) is 0 Å². The number of rotatable bonds is 6. The number of nitrogens with one attached hydrogen (secondary N) is 2. The van der Waals surface area contributed by atoms with Crippen molar-refractivity contribution in [3.8, 4) is 0 Å². The molecule has 1 rings (SSSR count). The molecule has 0 amide bonds. The van der Waals surface area contributed by atoms with E-state index >= 15 is 0 Å². The Morgan fingerprint density at radius 3 is 2.79 bits per heavy atom. The van der Waals surface area contributed by atoms with E-state index in [0.717, 1.165) is 26.3 Å². The highest BCUT2D eigenvalue weighted by atomic mass is 16.5. The third-order valence-electron chi connectivity index (χ3n) is 2.82. The third-order valence-corrected chi connectivity index (χ3v) is 2.82. The fraction of sp³-hybridized carbons (Fsp3) is 1.00. The van der Waals surface area contributed by atoms with Crippen LogP contribution in [0.15, 0.2) is 0 Å². The van der Waals surface area contributed by atoms with Crippen LogP contribution in [0.4, 0.5) is 0 Å². The van der Waals surface area contributed by atoms with Crippen LogP contribution in [-0.4, -0.2) is 38.4 Å². The minimum absolute atomic E-state index is 0.500. The molecule has 0 aromatic rings. The van der Waals surface area contributed by atoms with Crippen molar-refractivity contribution < 1.29 is 4.74 Å². The second-order valence-electron chi connectivity index (χ2n) is 4.37. The van der Waals surface area contributed by atoms with E-state index < -0.39 is 0 Å². The summed E-state index contributed by atoms with van der Waals surface area (Å²) in [5.41, 5.74) is 0. The van der Waals surface area contributed by atoms with Crippen molar-refractivity contribution in [1.82, 2.24) is 10.6 Å². The van der Waals surface area contributed by atoms with Gasteiger partial charge in [0.05, 0.1) is 6.61 Å². The van der Waals surface area contributed by atoms with Crippen LogP contribution in [-0.2, 0) is 4.74 Å². The highest BCUT2D eigenvalue weighted by Gasteiger charge is 2.20. The fourth-order valence-electron chi connectivity index (χ4n) is 1.78. The molecule has 0 aliphatic carbocycles. The van der Waals surface area contributed by atoms with E-state index in [1.165, 1.54) is 6.42 Å². The van der Waals surface area contributed by atoms with Crippen LogP contribution in [0.5, 0.6) is 0 Å². The van der Waals surface area contributed by atoms with Crippen molar-refractivity contribution >= 4 is 0 Å². The molecule has 1 heterocycles. The van der Waals surface area contributed by atoms with Crippen LogP contribution in [0.1, 0.15) is 27.2 Å². The van der Waals surface area contributed by atoms with Gasteiger partial charge in [0, 0.05) is 25.2 Å². The predicted octanol–water partition coefficient (Wildman–Crippen LogP) is 0.999. The van der Waals surface area contributed by atoms with E-state index in [4.69, 9.17) is 4.74 Å². The van der Waals surface area contributed by atoms with Crippen molar-refractivity contribution in [2.75, 3.05) is 26.3 Å². The van der Waals surface area contributed by atoms with Gasteiger partial charge in [0.25, 0.3) is 0 Å². The molecular weight excluding hydrogens is 176 g/mol. The average molecular weight is 200 g/mol. The minimum atomic E-state index is 0.500. The zero-order chi connectivity index (χ0) is 10.4. The van der Waals surface area contributed by atoms with Gasteiger partial charge in [-0.3, -0.25) is 0 Å². The smallest absolute Gasteiger partial charge is 0.0622 e. The molecule has 0 saturated carbocycles. The zero-order valence-corrected chi connectivity index (χ0v) is 9.68. The number of hydrogen-bond acceptors (Lipinski definition) is 3. The van der Waals surface area contributed by atoms with Crippen LogP contribution in [0.25, 0.3) is 0 Å². The van der Waals surface area contributed by atoms with Crippen molar-refractivity contribution in [1.29, 1.82) is 0 Å². The van der Waals surface area contributed by atoms with Crippen LogP contribution >= 0.6 is 0 Å². The Morgan fingerprint density at radius 2 is 2.29 bits per heavy atom. The van der Waals surface area contributed by atoms with Crippen LogP contribution < -0.4 is 10.6 Å². The molecule has 1 aliphatic heterocycles. The van der Waals surface area contributed by atoms with E-state index in [9.17, 15) is 0 Å². The van der Waals surface area contributed by atoms with Gasteiger partial charge in [-0.05, 0) is 25.8 Å². The minimum Gasteiger partial charge on any atom is -0.380 e. The number of ether oxygens (including phenoxy) is 1. The molecule has 3 nitrogen and oxygen atoms in total. The highest BCUT2D eigenvalue weighted by Crippen LogP contribution is 2.06. The van der Waals surface area contributed by atoms with Crippen molar-refractivity contribution in [2.45, 2.75) is 39.3 Å². The van der Waals surface area contributed by atoms with Gasteiger partial charge < -0.3 is 15.4 Å². The second kappa shape index (κ2) is 6.38. The summed E-state index contributed by atoms with van der Waals surface area (Å²) in [5.74, 6) is 0.641. The molecule has 0 spiro atoms. The molecule has 1 fully saturated rings. The molecule has 1 aliphatic rings. The Bertz CT molecular complexity index is 144. The van der Waals surface area contributed by atoms with E-state index in [0.29, 0.717) is 18.0 Å². The number of hydrogen-bond donors (Lipinski definition) is 2. The Kier molecular flexibility index (Phi) is 5.45. The average Bonchev–Trinajstić information content (AvgIpc) is 2.64. The largest absolute Gasteiger partial charge is 0.380 e. The molecule has 2 N–H and O–H groups in total. The van der Waals surface area contributed by atoms with Crippen LogP contribution in [0.2, 0.25) is 0 Å². The summed E-state index contributed by atoms with van der Waals surface area (Å²) in [5, 5.41) is 7.03. The lowest BCUT2D eigenvalue weighted by molar-refractivity contribution is 0.104. The summed E-state index contributed by atoms with van der Waals surface area (Å²) in [6, 6.07) is 1.14. The lowest BCUT2D eigenvalue weighted by Crippen LogP contribution is -2.45. The Balaban J connectivity index is 2.26. The molecule has 84 valence electrons. The highest BCUT2D eigenvalue weighted by molar-refractivity contribution is 4.82. The molecule has 3 heteroatoms. The lowest BCUT2D eigenvalue weighted by Gasteiger charge is -2.25. The van der Waals surface area contributed by atoms with Gasteiger partial charge in [0.2, 0.25) is 0 Å². The normalized spacial score (nSPS) is 24.4. The molecule has 0 radical (unpaired) electrons. The molecule has 1 saturated heterocycles. The molecule has 14 heavy (non-hydrogen) atoms. The predicted molar refractivity (Wildman–Crippen MR) is 59.5 cm³/mol. The molecular formula is C11H24N2O. The fourth-order valence-corrected chi connectivity index (χ4v) is 1.78. The standard InChI is InChI=1S/C11H24N2O/c1-4-14-8-11(9(2)3)13-10-5-6-12-7-10/h9-13H,4-8H2,1-3H3. The first-order valence-electron chi connectivity index (χ1n) is 5.78. The summed E-state index contributed by atoms with van der Waals surface area (Å²) < 4.78 is 5.48. The van der Waals surface area contributed by atoms with Gasteiger partial charge in [-0.2, -0.15) is 0 Å². The van der Waals surface area contributed by atoms with Gasteiger partial charge in [-0.15, -0.1) is 0 Å². The first-order chi connectivity index (χ1) is 6.74. The SMILES string of the molecule is CCOCC(NC1CCNC1)C(C)C. The molecule has 0 aromatic carbocycles. The molecule has 2 unspecified atom stereocenters. The van der Waals surface area contributed by atoms with Crippen LogP contribution in [0, 0.1) is 5.92 Å². The summed E-state index contributed by atoms with van der Waals surface area (Å²) in [4.78, 5) is 0. The Labute approximate surface area is 87.6 Å². The van der Waals surface area contributed by atoms with Gasteiger partial charge in [0.15, 0.2) is 0 Å². The maximum atomic E-state index is 5.48. The van der Waals surface area contributed by atoms with Gasteiger partial charge in [-0.1, -0.05) is 13.8 Å².